The number of rotatable bonds is 8. The summed E-state index contributed by atoms with van der Waals surface area (Å²) in [5, 5.41) is 104. The average Bonchev–Trinajstić information content (AvgIpc) is 3.02. The highest BCUT2D eigenvalue weighted by Gasteiger charge is 2.56. The molecular formula is C29H49O17+. The van der Waals surface area contributed by atoms with Crippen molar-refractivity contribution < 1.29 is 84.3 Å². The van der Waals surface area contributed by atoms with Gasteiger partial charge in [-0.1, -0.05) is 0 Å². The van der Waals surface area contributed by atoms with E-state index in [1.54, 1.807) is 0 Å². The van der Waals surface area contributed by atoms with Crippen LogP contribution in [0.5, 0.6) is 0 Å². The fourth-order valence-corrected chi connectivity index (χ4v) is 7.53. The molecule has 2 aliphatic carbocycles. The Morgan fingerprint density at radius 1 is 0.717 bits per heavy atom. The molecule has 0 amide bonds. The Labute approximate surface area is 265 Å². The second kappa shape index (κ2) is 15.2. The van der Waals surface area contributed by atoms with E-state index in [-0.39, 0.29) is 31.6 Å². The molecule has 0 aromatic heterocycles. The summed E-state index contributed by atoms with van der Waals surface area (Å²) < 4.78 is 33.7. The summed E-state index contributed by atoms with van der Waals surface area (Å²) >= 11 is 0. The minimum atomic E-state index is -1.70. The molecule has 0 radical (unpaired) electrons. The highest BCUT2D eigenvalue weighted by molar-refractivity contribution is 5.65. The Morgan fingerprint density at radius 3 is 1.93 bits per heavy atom. The van der Waals surface area contributed by atoms with Gasteiger partial charge in [0.05, 0.1) is 36.9 Å². The number of aliphatic hydroxyl groups is 12. The van der Waals surface area contributed by atoms with Crippen LogP contribution >= 0.6 is 0 Å². The third-order valence-corrected chi connectivity index (χ3v) is 10.1. The number of carbonyl (C=O) groups excluding carboxylic acids is 1. The number of aliphatic hydroxyl groups excluding tert-OH is 10. The molecule has 46 heavy (non-hydrogen) atoms. The van der Waals surface area contributed by atoms with E-state index >= 15 is 0 Å². The molecule has 0 bridgehead atoms. The number of hydrogen-bond donors (Lipinski definition) is 10. The van der Waals surface area contributed by atoms with Crippen LogP contribution in [-0.4, -0.2) is 179 Å². The van der Waals surface area contributed by atoms with Gasteiger partial charge in [0, 0.05) is 25.7 Å². The molecule has 5 aliphatic rings. The molecule has 11 N–H and O–H groups in total. The van der Waals surface area contributed by atoms with Gasteiger partial charge in [0.1, 0.15) is 61.5 Å². The predicted octanol–water partition coefficient (Wildman–Crippen LogP) is -5.11. The highest BCUT2D eigenvalue weighted by atomic mass is 16.7. The van der Waals surface area contributed by atoms with Crippen LogP contribution < -0.4 is 0 Å². The summed E-state index contributed by atoms with van der Waals surface area (Å²) in [4.78, 5) is 11.3. The third kappa shape index (κ3) is 7.69. The normalized spacial score (nSPS) is 51.7. The number of ether oxygens (including phenoxy) is 6. The van der Waals surface area contributed by atoms with Crippen molar-refractivity contribution in [2.45, 2.75) is 150 Å². The summed E-state index contributed by atoms with van der Waals surface area (Å²) in [5.41, 5.74) is 0. The first-order valence-electron chi connectivity index (χ1n) is 16.0. The number of carbonyl (C=O) groups is 1. The first-order chi connectivity index (χ1) is 21.8. The monoisotopic (exact) mass is 669 g/mol. The van der Waals surface area contributed by atoms with Gasteiger partial charge in [-0.3, -0.25) is 4.79 Å². The Kier molecular flexibility index (Phi) is 11.9. The maximum absolute atomic E-state index is 11.3. The van der Waals surface area contributed by atoms with Crippen LogP contribution in [0.1, 0.15) is 45.4 Å². The van der Waals surface area contributed by atoms with E-state index in [0.29, 0.717) is 12.8 Å². The topological polar surface area (TPSA) is 278 Å². The van der Waals surface area contributed by atoms with E-state index in [1.807, 2.05) is 0 Å². The fraction of sp³-hybridized carbons (Fsp3) is 0.966. The molecule has 5 fully saturated rings. The zero-order valence-corrected chi connectivity index (χ0v) is 25.5. The number of esters is 1. The van der Waals surface area contributed by atoms with E-state index in [9.17, 15) is 55.9 Å². The summed E-state index contributed by atoms with van der Waals surface area (Å²) in [6.45, 7) is 0.0985. The molecule has 17 nitrogen and oxygen atoms in total. The van der Waals surface area contributed by atoms with Crippen molar-refractivity contribution in [1.29, 1.82) is 0 Å². The molecule has 3 heterocycles. The minimum absolute atomic E-state index is 0.0856. The van der Waals surface area contributed by atoms with Gasteiger partial charge in [0.25, 0.3) is 0 Å². The highest BCUT2D eigenvalue weighted by Crippen LogP contribution is 2.43. The van der Waals surface area contributed by atoms with E-state index in [0.717, 1.165) is 6.92 Å². The summed E-state index contributed by atoms with van der Waals surface area (Å²) in [6.07, 6.45) is -19.3. The van der Waals surface area contributed by atoms with Crippen molar-refractivity contribution >= 4 is 5.97 Å². The molecule has 17 heteroatoms. The molecule has 3 aliphatic heterocycles. The van der Waals surface area contributed by atoms with Crippen LogP contribution in [0, 0.1) is 11.8 Å². The van der Waals surface area contributed by atoms with Crippen LogP contribution in [0.2, 0.25) is 0 Å². The van der Waals surface area contributed by atoms with Gasteiger partial charge < -0.3 is 79.5 Å². The zero-order chi connectivity index (χ0) is 33.4. The van der Waals surface area contributed by atoms with E-state index in [4.69, 9.17) is 28.4 Å². The van der Waals surface area contributed by atoms with E-state index < -0.39 is 129 Å². The predicted molar refractivity (Wildman–Crippen MR) is 149 cm³/mol. The smallest absolute Gasteiger partial charge is 0.302 e. The molecule has 19 atom stereocenters. The second-order valence-electron chi connectivity index (χ2n) is 13.3. The molecule has 0 aromatic carbocycles. The molecule has 5 rings (SSSR count). The lowest BCUT2D eigenvalue weighted by Gasteiger charge is -2.50. The number of fused-ring (bicyclic) bond motifs is 1. The fourth-order valence-electron chi connectivity index (χ4n) is 7.53. The maximum Gasteiger partial charge on any atom is 0.302 e. The standard InChI is InChI=1S/C29H48O17/c1-10(31)41-9-20-22(36)24(38)26(40)28(46-20)43-17-6-12(32)5-16-13(17)7-18(27(42-16)11-2-3-14(33)15(34)4-11)44-29-25(39)23(37)21(35)19(8-30)45-29/h11-30,32-40H,2-9H2,1H3/p+1/t11?,12?,13?,14?,15?,16?,17?,18?,19-,20-,21-,22-,23+,24+,25-,26-,27?,28-,29-/m1/s1. The summed E-state index contributed by atoms with van der Waals surface area (Å²) in [6, 6.07) is 0. The number of hydrogen-bond acceptors (Lipinski definition) is 16. The van der Waals surface area contributed by atoms with Crippen LogP contribution in [0.15, 0.2) is 0 Å². The van der Waals surface area contributed by atoms with Gasteiger partial charge in [-0.25, -0.2) is 0 Å². The van der Waals surface area contributed by atoms with Crippen molar-refractivity contribution in [1.82, 2.24) is 0 Å². The van der Waals surface area contributed by atoms with Gasteiger partial charge in [0.15, 0.2) is 24.8 Å². The summed E-state index contributed by atoms with van der Waals surface area (Å²) in [5.74, 6) is -1.38. The first kappa shape index (κ1) is 36.2. The van der Waals surface area contributed by atoms with Crippen molar-refractivity contribution in [3.05, 3.63) is 0 Å². The van der Waals surface area contributed by atoms with E-state index in [2.05, 4.69) is 0 Å². The second-order valence-corrected chi connectivity index (χ2v) is 13.3. The maximum atomic E-state index is 11.3. The Hall–Kier alpha value is -1.13. The van der Waals surface area contributed by atoms with Gasteiger partial charge in [-0.05, 0) is 25.7 Å². The molecule has 3 saturated heterocycles. The van der Waals surface area contributed by atoms with Crippen LogP contribution in [-0.2, 0) is 28.5 Å². The molecule has 9 unspecified atom stereocenters. The van der Waals surface area contributed by atoms with Crippen LogP contribution in [0.3, 0.4) is 0 Å². The van der Waals surface area contributed by atoms with Crippen molar-refractivity contribution in [3.63, 3.8) is 0 Å². The van der Waals surface area contributed by atoms with Gasteiger partial charge in [0.2, 0.25) is 0 Å². The molecular weight excluding hydrogens is 620 g/mol. The van der Waals surface area contributed by atoms with Crippen molar-refractivity contribution in [2.24, 2.45) is 11.8 Å². The third-order valence-electron chi connectivity index (χ3n) is 10.1. The SMILES string of the molecule is CC(=O)OC[C@H]1O[C@@H](OC2CC(O)CC3[OH+]C(C4CCC(O)C(O)C4)C(O[C@@H]4O[C@H](CO)[C@@H](O)[C@H](O)[C@H]4O)CC23)[C@H](O)[C@@H](O)[C@@H]1O. The van der Waals surface area contributed by atoms with Gasteiger partial charge >= 0.3 is 5.97 Å². The Morgan fingerprint density at radius 2 is 1.33 bits per heavy atom. The van der Waals surface area contributed by atoms with E-state index in [1.165, 1.54) is 0 Å². The molecule has 2 saturated carbocycles. The van der Waals surface area contributed by atoms with Gasteiger partial charge in [-0.15, -0.1) is 0 Å². The molecule has 0 spiro atoms. The van der Waals surface area contributed by atoms with Gasteiger partial charge in [-0.2, -0.15) is 0 Å². The Bertz CT molecular complexity index is 1000. The van der Waals surface area contributed by atoms with Crippen LogP contribution in [0.25, 0.3) is 0 Å². The quantitative estimate of drug-likeness (QED) is 0.0855. The lowest BCUT2D eigenvalue weighted by Crippen LogP contribution is -2.64. The van der Waals surface area contributed by atoms with Crippen molar-refractivity contribution in [2.75, 3.05) is 13.2 Å². The van der Waals surface area contributed by atoms with Crippen LogP contribution in [0.4, 0.5) is 0 Å². The average molecular weight is 670 g/mol. The lowest BCUT2D eigenvalue weighted by molar-refractivity contribution is -0.367. The lowest BCUT2D eigenvalue weighted by atomic mass is 9.72. The first-order valence-corrected chi connectivity index (χ1v) is 16.0. The largest absolute Gasteiger partial charge is 0.463 e. The minimum Gasteiger partial charge on any atom is -0.463 e. The summed E-state index contributed by atoms with van der Waals surface area (Å²) in [7, 11) is 0. The Balaban J connectivity index is 1.37. The van der Waals surface area contributed by atoms with Crippen molar-refractivity contribution in [3.8, 4) is 0 Å². The molecule has 266 valence electrons. The molecule has 0 aromatic rings. The zero-order valence-electron chi connectivity index (χ0n) is 25.5.